The Bertz CT molecular complexity index is 751. The van der Waals surface area contributed by atoms with Crippen molar-refractivity contribution in [3.8, 4) is 0 Å². The molecule has 1 heterocycles. The molecule has 124 valence electrons. The number of carbonyl (C=O) groups is 1. The molecule has 1 aromatic heterocycles. The summed E-state index contributed by atoms with van der Waals surface area (Å²) in [4.78, 5) is 26.9. The molecule has 2 aromatic rings. The predicted molar refractivity (Wildman–Crippen MR) is 93.7 cm³/mol. The molecule has 3 rings (SSSR count). The zero-order valence-electron chi connectivity index (χ0n) is 12.9. The van der Waals surface area contributed by atoms with Crippen LogP contribution >= 0.6 is 12.4 Å². The number of fused-ring (bicyclic) bond motifs is 1. The van der Waals surface area contributed by atoms with Crippen LogP contribution in [0, 0.1) is 0 Å². The Labute approximate surface area is 141 Å². The number of pyridine rings is 1. The highest BCUT2D eigenvalue weighted by molar-refractivity contribution is 5.87. The number of hydrogen-bond acceptors (Lipinski definition) is 3. The van der Waals surface area contributed by atoms with Crippen molar-refractivity contribution in [1.29, 1.82) is 0 Å². The van der Waals surface area contributed by atoms with Crippen molar-refractivity contribution in [3.05, 3.63) is 46.2 Å². The van der Waals surface area contributed by atoms with Crippen molar-refractivity contribution in [3.63, 3.8) is 0 Å². The molecule has 5 nitrogen and oxygen atoms in total. The summed E-state index contributed by atoms with van der Waals surface area (Å²) in [5.41, 5.74) is 6.90. The number of carbonyl (C=O) groups excluding carboxylic acids is 1. The van der Waals surface area contributed by atoms with E-state index in [1.165, 1.54) is 6.07 Å². The van der Waals surface area contributed by atoms with Crippen molar-refractivity contribution in [2.24, 2.45) is 5.73 Å². The average molecular weight is 336 g/mol. The van der Waals surface area contributed by atoms with Gasteiger partial charge in [-0.25, -0.2) is 0 Å². The van der Waals surface area contributed by atoms with Gasteiger partial charge in [-0.05, 0) is 24.5 Å². The summed E-state index contributed by atoms with van der Waals surface area (Å²) in [6, 6.07) is 9.11. The van der Waals surface area contributed by atoms with Crippen LogP contribution in [0.25, 0.3) is 10.9 Å². The monoisotopic (exact) mass is 335 g/mol. The van der Waals surface area contributed by atoms with Crippen LogP contribution in [0.15, 0.2) is 35.1 Å². The largest absolute Gasteiger partial charge is 0.350 e. The van der Waals surface area contributed by atoms with E-state index in [2.05, 4.69) is 10.3 Å². The maximum absolute atomic E-state index is 12.4. The molecule has 1 fully saturated rings. The molecule has 0 spiro atoms. The van der Waals surface area contributed by atoms with Gasteiger partial charge in [0.05, 0.1) is 5.54 Å². The van der Waals surface area contributed by atoms with E-state index in [0.29, 0.717) is 6.54 Å². The van der Waals surface area contributed by atoms with E-state index in [-0.39, 0.29) is 23.9 Å². The van der Waals surface area contributed by atoms with Crippen LogP contribution in [-0.4, -0.2) is 16.4 Å². The van der Waals surface area contributed by atoms with Gasteiger partial charge in [0, 0.05) is 23.5 Å². The third-order valence-electron chi connectivity index (χ3n) is 4.47. The second-order valence-electron chi connectivity index (χ2n) is 6.10. The van der Waals surface area contributed by atoms with Crippen LogP contribution in [-0.2, 0) is 11.3 Å². The molecule has 0 aliphatic heterocycles. The van der Waals surface area contributed by atoms with E-state index >= 15 is 0 Å². The highest BCUT2D eigenvalue weighted by Crippen LogP contribution is 2.26. The number of nitrogens with one attached hydrogen (secondary N) is 2. The molecular formula is C17H22ClN3O2. The molecule has 23 heavy (non-hydrogen) atoms. The molecule has 0 radical (unpaired) electrons. The maximum atomic E-state index is 12.4. The van der Waals surface area contributed by atoms with Crippen LogP contribution in [0.3, 0.4) is 0 Å². The second kappa shape index (κ2) is 7.15. The molecular weight excluding hydrogens is 314 g/mol. The van der Waals surface area contributed by atoms with Crippen LogP contribution in [0.2, 0.25) is 0 Å². The van der Waals surface area contributed by atoms with Gasteiger partial charge >= 0.3 is 0 Å². The third-order valence-corrected chi connectivity index (χ3v) is 4.47. The lowest BCUT2D eigenvalue weighted by molar-refractivity contribution is -0.127. The number of aromatic nitrogens is 1. The second-order valence-corrected chi connectivity index (χ2v) is 6.10. The molecule has 4 N–H and O–H groups in total. The molecule has 0 saturated heterocycles. The minimum atomic E-state index is -0.755. The molecule has 0 bridgehead atoms. The maximum Gasteiger partial charge on any atom is 0.248 e. The van der Waals surface area contributed by atoms with Crippen LogP contribution < -0.4 is 16.6 Å². The van der Waals surface area contributed by atoms with Crippen molar-refractivity contribution < 1.29 is 4.79 Å². The minimum Gasteiger partial charge on any atom is -0.350 e. The van der Waals surface area contributed by atoms with E-state index in [4.69, 9.17) is 5.73 Å². The van der Waals surface area contributed by atoms with Gasteiger partial charge in [0.2, 0.25) is 11.5 Å². The normalized spacial score (nSPS) is 16.6. The van der Waals surface area contributed by atoms with E-state index in [0.717, 1.165) is 48.6 Å². The zero-order chi connectivity index (χ0) is 15.6. The highest BCUT2D eigenvalue weighted by atomic mass is 35.5. The number of halogens is 1. The number of hydrogen-bond donors (Lipinski definition) is 3. The smallest absolute Gasteiger partial charge is 0.248 e. The van der Waals surface area contributed by atoms with Crippen LogP contribution in [0.4, 0.5) is 0 Å². The van der Waals surface area contributed by atoms with Gasteiger partial charge in [-0.2, -0.15) is 0 Å². The van der Waals surface area contributed by atoms with E-state index < -0.39 is 5.54 Å². The Balaban J connectivity index is 0.00000192. The number of aromatic amines is 1. The Hall–Kier alpha value is -1.85. The number of benzene rings is 1. The fourth-order valence-electron chi connectivity index (χ4n) is 3.18. The van der Waals surface area contributed by atoms with Gasteiger partial charge in [0.15, 0.2) is 0 Å². The van der Waals surface area contributed by atoms with Gasteiger partial charge < -0.3 is 16.0 Å². The topological polar surface area (TPSA) is 88.0 Å². The highest BCUT2D eigenvalue weighted by Gasteiger charge is 2.34. The molecule has 0 atom stereocenters. The fourth-order valence-corrected chi connectivity index (χ4v) is 3.18. The number of para-hydroxylation sites is 1. The van der Waals surface area contributed by atoms with Gasteiger partial charge in [-0.15, -0.1) is 12.4 Å². The minimum absolute atomic E-state index is 0. The summed E-state index contributed by atoms with van der Waals surface area (Å²) in [6.45, 7) is 0.322. The predicted octanol–water partition coefficient (Wildman–Crippen LogP) is 2.23. The summed E-state index contributed by atoms with van der Waals surface area (Å²) < 4.78 is 0. The summed E-state index contributed by atoms with van der Waals surface area (Å²) >= 11 is 0. The molecule has 0 unspecified atom stereocenters. The lowest BCUT2D eigenvalue weighted by Crippen LogP contribution is -2.54. The number of H-pyrrole nitrogens is 1. The van der Waals surface area contributed by atoms with E-state index in [1.807, 2.05) is 24.3 Å². The lowest BCUT2D eigenvalue weighted by Gasteiger charge is -2.31. The number of amides is 1. The summed E-state index contributed by atoms with van der Waals surface area (Å²) in [6.07, 6.45) is 4.60. The first-order valence-electron chi connectivity index (χ1n) is 7.77. The average Bonchev–Trinajstić information content (AvgIpc) is 2.52. The summed E-state index contributed by atoms with van der Waals surface area (Å²) in [5.74, 6) is -0.114. The van der Waals surface area contributed by atoms with E-state index in [1.54, 1.807) is 0 Å². The Morgan fingerprint density at radius 3 is 2.65 bits per heavy atom. The zero-order valence-corrected chi connectivity index (χ0v) is 13.7. The number of rotatable bonds is 3. The number of nitrogens with two attached hydrogens (primary N) is 1. The standard InChI is InChI=1S/C17H21N3O2.ClH/c18-17(8-4-1-5-9-17)16(22)19-11-12-10-15(21)20-14-7-3-2-6-13(12)14;/h2-3,6-7,10H,1,4-5,8-9,11,18H2,(H,19,22)(H,20,21);1H. The summed E-state index contributed by atoms with van der Waals surface area (Å²) in [5, 5.41) is 3.85. The van der Waals surface area contributed by atoms with Crippen molar-refractivity contribution in [2.45, 2.75) is 44.2 Å². The first kappa shape index (κ1) is 17.5. The molecule has 6 heteroatoms. The van der Waals surface area contributed by atoms with Gasteiger partial charge in [0.25, 0.3) is 0 Å². The molecule has 1 aliphatic rings. The van der Waals surface area contributed by atoms with Crippen molar-refractivity contribution in [1.82, 2.24) is 10.3 Å². The Morgan fingerprint density at radius 1 is 1.22 bits per heavy atom. The SMILES string of the molecule is Cl.NC1(C(=O)NCc2cc(=O)[nH]c3ccccc23)CCCCC1. The fraction of sp³-hybridized carbons (Fsp3) is 0.412. The quantitative estimate of drug-likeness (QED) is 0.803. The summed E-state index contributed by atoms with van der Waals surface area (Å²) in [7, 11) is 0. The van der Waals surface area contributed by atoms with Gasteiger partial charge in [0.1, 0.15) is 0 Å². The first-order chi connectivity index (χ1) is 10.6. The molecule has 1 aromatic carbocycles. The lowest BCUT2D eigenvalue weighted by atomic mass is 9.82. The Kier molecular flexibility index (Phi) is 5.44. The van der Waals surface area contributed by atoms with Crippen molar-refractivity contribution in [2.75, 3.05) is 0 Å². The molecule has 1 amide bonds. The van der Waals surface area contributed by atoms with E-state index in [9.17, 15) is 9.59 Å². The van der Waals surface area contributed by atoms with Crippen molar-refractivity contribution >= 4 is 29.2 Å². The third kappa shape index (κ3) is 3.74. The first-order valence-corrected chi connectivity index (χ1v) is 7.77. The van der Waals surface area contributed by atoms with Gasteiger partial charge in [-0.3, -0.25) is 9.59 Å². The Morgan fingerprint density at radius 2 is 1.91 bits per heavy atom. The molecule has 1 saturated carbocycles. The van der Waals surface area contributed by atoms with Crippen LogP contribution in [0.1, 0.15) is 37.7 Å². The van der Waals surface area contributed by atoms with Gasteiger partial charge in [-0.1, -0.05) is 37.5 Å². The molecule has 1 aliphatic carbocycles. The van der Waals surface area contributed by atoms with Crippen LogP contribution in [0.5, 0.6) is 0 Å².